The number of nitrogens with zero attached hydrogens (tertiary/aromatic N) is 2. The van der Waals surface area contributed by atoms with Gasteiger partial charge in [0.05, 0.1) is 15.9 Å². The molecular formula is C23H25ClF3N3O3S. The van der Waals surface area contributed by atoms with E-state index < -0.39 is 15.4 Å². The highest BCUT2D eigenvalue weighted by Crippen LogP contribution is 2.46. The number of alkyl halides is 3. The number of nitrogens with one attached hydrogen (secondary N) is 1. The molecular weight excluding hydrogens is 491 g/mol. The summed E-state index contributed by atoms with van der Waals surface area (Å²) in [6.45, 7) is 6.65. The summed E-state index contributed by atoms with van der Waals surface area (Å²) >= 11 is 0. The van der Waals surface area contributed by atoms with Gasteiger partial charge < -0.3 is 14.6 Å². The van der Waals surface area contributed by atoms with E-state index in [1.807, 2.05) is 0 Å². The molecule has 11 heteroatoms. The number of fused-ring (bicyclic) bond motifs is 1. The average Bonchev–Trinajstić information content (AvgIpc) is 3.03. The van der Waals surface area contributed by atoms with Crippen molar-refractivity contribution in [2.24, 2.45) is 11.3 Å². The fourth-order valence-electron chi connectivity index (χ4n) is 5.05. The second-order valence-electron chi connectivity index (χ2n) is 9.66. The van der Waals surface area contributed by atoms with Crippen molar-refractivity contribution in [2.75, 3.05) is 5.32 Å². The number of imidazole rings is 1. The highest BCUT2D eigenvalue weighted by Gasteiger charge is 2.35. The topological polar surface area (TPSA) is 73.2 Å². The second kappa shape index (κ2) is 8.64. The predicted octanol–water partition coefficient (Wildman–Crippen LogP) is 6.99. The van der Waals surface area contributed by atoms with Crippen LogP contribution in [0.25, 0.3) is 11.0 Å². The van der Waals surface area contributed by atoms with Crippen molar-refractivity contribution in [1.29, 1.82) is 0 Å². The van der Waals surface area contributed by atoms with Gasteiger partial charge in [0, 0.05) is 22.4 Å². The summed E-state index contributed by atoms with van der Waals surface area (Å²) in [7, 11) is 1.60. The van der Waals surface area contributed by atoms with Crippen LogP contribution in [0.5, 0.6) is 5.75 Å². The Morgan fingerprint density at radius 2 is 1.82 bits per heavy atom. The molecule has 1 aromatic heterocycles. The van der Waals surface area contributed by atoms with Crippen LogP contribution in [0.2, 0.25) is 0 Å². The third-order valence-electron chi connectivity index (χ3n) is 6.02. The Labute approximate surface area is 200 Å². The van der Waals surface area contributed by atoms with Crippen LogP contribution in [0.4, 0.5) is 24.8 Å². The second-order valence-corrected chi connectivity index (χ2v) is 12.2. The smallest absolute Gasteiger partial charge is 0.406 e. The normalized spacial score (nSPS) is 20.9. The third-order valence-corrected chi connectivity index (χ3v) is 7.37. The zero-order valence-corrected chi connectivity index (χ0v) is 20.4. The van der Waals surface area contributed by atoms with E-state index in [1.54, 1.807) is 6.07 Å². The summed E-state index contributed by atoms with van der Waals surface area (Å²) in [5, 5.41) is 3.18. The van der Waals surface area contributed by atoms with Gasteiger partial charge in [0.15, 0.2) is 0 Å². The van der Waals surface area contributed by atoms with Crippen LogP contribution < -0.4 is 10.1 Å². The maximum absolute atomic E-state index is 12.5. The number of rotatable bonds is 5. The SMILES string of the molecule is CC1CC(n2c(Nc3ccc(OC(F)(F)F)cc3)nc3cc(S(=O)(=O)Cl)ccc32)CC(C)(C)C1. The molecule has 0 aliphatic heterocycles. The van der Waals surface area contributed by atoms with Gasteiger partial charge in [-0.1, -0.05) is 20.8 Å². The number of ether oxygens (including phenoxy) is 1. The first-order valence-electron chi connectivity index (χ1n) is 10.8. The van der Waals surface area contributed by atoms with Gasteiger partial charge in [-0.25, -0.2) is 13.4 Å². The Hall–Kier alpha value is -2.46. The molecule has 1 aliphatic carbocycles. The molecule has 0 radical (unpaired) electrons. The Morgan fingerprint density at radius 3 is 2.41 bits per heavy atom. The molecule has 1 N–H and O–H groups in total. The quantitative estimate of drug-likeness (QED) is 0.370. The van der Waals surface area contributed by atoms with Gasteiger partial charge in [0.25, 0.3) is 9.05 Å². The number of hydrogen-bond acceptors (Lipinski definition) is 5. The van der Waals surface area contributed by atoms with E-state index in [9.17, 15) is 21.6 Å². The van der Waals surface area contributed by atoms with Crippen LogP contribution in [-0.4, -0.2) is 24.3 Å². The van der Waals surface area contributed by atoms with Crippen molar-refractivity contribution in [3.63, 3.8) is 0 Å². The minimum Gasteiger partial charge on any atom is -0.406 e. The number of hydrogen-bond donors (Lipinski definition) is 1. The molecule has 4 rings (SSSR count). The number of aromatic nitrogens is 2. The summed E-state index contributed by atoms with van der Waals surface area (Å²) in [6, 6.07) is 10.0. The van der Waals surface area contributed by atoms with E-state index in [2.05, 4.69) is 40.4 Å². The third kappa shape index (κ3) is 5.60. The first-order chi connectivity index (χ1) is 15.7. The van der Waals surface area contributed by atoms with Crippen molar-refractivity contribution in [3.05, 3.63) is 42.5 Å². The van der Waals surface area contributed by atoms with Crippen molar-refractivity contribution >= 4 is 42.4 Å². The van der Waals surface area contributed by atoms with Crippen LogP contribution in [0.15, 0.2) is 47.4 Å². The van der Waals surface area contributed by atoms with E-state index in [4.69, 9.17) is 10.7 Å². The molecule has 0 bridgehead atoms. The first kappa shape index (κ1) is 24.7. The van der Waals surface area contributed by atoms with E-state index in [1.165, 1.54) is 36.4 Å². The number of benzene rings is 2. The summed E-state index contributed by atoms with van der Waals surface area (Å²) in [6.07, 6.45) is -1.87. The maximum Gasteiger partial charge on any atom is 0.573 e. The Bertz CT molecular complexity index is 1300. The largest absolute Gasteiger partial charge is 0.573 e. The molecule has 1 fully saturated rings. The number of halogens is 4. The lowest BCUT2D eigenvalue weighted by atomic mass is 9.70. The minimum absolute atomic E-state index is 0.0520. The zero-order valence-electron chi connectivity index (χ0n) is 18.9. The molecule has 0 amide bonds. The Kier molecular flexibility index (Phi) is 6.27. The zero-order chi connectivity index (χ0) is 24.9. The van der Waals surface area contributed by atoms with E-state index in [-0.39, 0.29) is 22.1 Å². The van der Waals surface area contributed by atoms with Gasteiger partial charge in [0.2, 0.25) is 5.95 Å². The monoisotopic (exact) mass is 515 g/mol. The van der Waals surface area contributed by atoms with E-state index in [0.717, 1.165) is 24.8 Å². The molecule has 34 heavy (non-hydrogen) atoms. The minimum atomic E-state index is -4.77. The van der Waals surface area contributed by atoms with Crippen LogP contribution in [0.1, 0.15) is 46.1 Å². The van der Waals surface area contributed by atoms with Gasteiger partial charge in [-0.05, 0) is 73.1 Å². The fraction of sp³-hybridized carbons (Fsp3) is 0.435. The van der Waals surface area contributed by atoms with Crippen molar-refractivity contribution in [3.8, 4) is 5.75 Å². The molecule has 1 heterocycles. The Morgan fingerprint density at radius 1 is 1.15 bits per heavy atom. The van der Waals surface area contributed by atoms with Gasteiger partial charge in [-0.15, -0.1) is 13.2 Å². The average molecular weight is 516 g/mol. The van der Waals surface area contributed by atoms with Crippen molar-refractivity contribution < 1.29 is 26.3 Å². The summed E-state index contributed by atoms with van der Waals surface area (Å²) in [4.78, 5) is 4.58. The molecule has 0 spiro atoms. The molecule has 2 unspecified atom stereocenters. The van der Waals surface area contributed by atoms with Gasteiger partial charge in [-0.3, -0.25) is 0 Å². The summed E-state index contributed by atoms with van der Waals surface area (Å²) < 4.78 is 67.1. The molecule has 0 saturated heterocycles. The van der Waals surface area contributed by atoms with Crippen LogP contribution in [-0.2, 0) is 9.05 Å². The number of anilines is 2. The lowest BCUT2D eigenvalue weighted by Gasteiger charge is -2.40. The Balaban J connectivity index is 1.76. The molecule has 1 saturated carbocycles. The van der Waals surface area contributed by atoms with Gasteiger partial charge in [-0.2, -0.15) is 0 Å². The molecule has 1 aliphatic rings. The van der Waals surface area contributed by atoms with Crippen molar-refractivity contribution in [2.45, 2.75) is 57.3 Å². The first-order valence-corrected chi connectivity index (χ1v) is 13.1. The summed E-state index contributed by atoms with van der Waals surface area (Å²) in [5.41, 5.74) is 1.82. The lowest BCUT2D eigenvalue weighted by Crippen LogP contribution is -2.29. The van der Waals surface area contributed by atoms with Gasteiger partial charge in [0.1, 0.15) is 5.75 Å². The van der Waals surface area contributed by atoms with E-state index in [0.29, 0.717) is 23.1 Å². The lowest BCUT2D eigenvalue weighted by molar-refractivity contribution is -0.274. The maximum atomic E-state index is 12.5. The predicted molar refractivity (Wildman–Crippen MR) is 125 cm³/mol. The fourth-order valence-corrected chi connectivity index (χ4v) is 5.82. The molecule has 2 atom stereocenters. The summed E-state index contributed by atoms with van der Waals surface area (Å²) in [5.74, 6) is 0.616. The van der Waals surface area contributed by atoms with Crippen LogP contribution in [0, 0.1) is 11.3 Å². The van der Waals surface area contributed by atoms with Crippen LogP contribution >= 0.6 is 10.7 Å². The highest BCUT2D eigenvalue weighted by atomic mass is 35.7. The van der Waals surface area contributed by atoms with E-state index >= 15 is 0 Å². The molecule has 2 aromatic carbocycles. The van der Waals surface area contributed by atoms with Crippen LogP contribution in [0.3, 0.4) is 0 Å². The highest BCUT2D eigenvalue weighted by molar-refractivity contribution is 8.13. The molecule has 184 valence electrons. The van der Waals surface area contributed by atoms with Crippen molar-refractivity contribution in [1.82, 2.24) is 9.55 Å². The molecule has 6 nitrogen and oxygen atoms in total. The standard InChI is InChI=1S/C23H25ClF3N3O3S/c1-14-10-16(13-22(2,3)12-14)30-20-9-8-18(34(24,31)32)11-19(20)29-21(30)28-15-4-6-17(7-5-15)33-23(25,26)27/h4-9,11,14,16H,10,12-13H2,1-3H3,(H,28,29). The molecule has 3 aromatic rings. The van der Waals surface area contributed by atoms with Gasteiger partial charge >= 0.3 is 6.36 Å².